The number of likely N-dealkylation sites (N-methyl/N-ethyl adjacent to an activating group) is 1. The molecule has 1 fully saturated rings. The van der Waals surface area contributed by atoms with Crippen LogP contribution >= 0.6 is 0 Å². The topological polar surface area (TPSA) is 80.0 Å². The molecule has 1 amide bonds. The molecule has 1 saturated heterocycles. The van der Waals surface area contributed by atoms with Crippen LogP contribution in [0.3, 0.4) is 0 Å². The summed E-state index contributed by atoms with van der Waals surface area (Å²) in [6.07, 6.45) is 1.40. The smallest absolute Gasteiger partial charge is 0.295 e. The number of nitrogens with zero attached hydrogens (tertiary/aromatic N) is 1. The Morgan fingerprint density at radius 3 is 2.71 bits per heavy atom. The molecule has 6 nitrogen and oxygen atoms in total. The molecule has 2 heterocycles. The van der Waals surface area contributed by atoms with Crippen molar-refractivity contribution in [2.45, 2.75) is 6.04 Å². The summed E-state index contributed by atoms with van der Waals surface area (Å²) in [5.41, 5.74) is -0.193. The van der Waals surface area contributed by atoms with Crippen molar-refractivity contribution in [3.8, 4) is 5.75 Å². The first-order valence-corrected chi connectivity index (χ1v) is 7.07. The number of hydrogen-bond acceptors (Lipinski definition) is 5. The molecule has 1 aliphatic rings. The van der Waals surface area contributed by atoms with E-state index in [0.717, 1.165) is 12.1 Å². The Morgan fingerprint density at radius 2 is 2.08 bits per heavy atom. The minimum Gasteiger partial charge on any atom is -0.507 e. The lowest BCUT2D eigenvalue weighted by molar-refractivity contribution is -0.139. The van der Waals surface area contributed by atoms with Crippen LogP contribution in [0.5, 0.6) is 5.75 Å². The first-order chi connectivity index (χ1) is 11.5. The van der Waals surface area contributed by atoms with Crippen LogP contribution in [-0.4, -0.2) is 35.9 Å². The number of rotatable bonds is 3. The van der Waals surface area contributed by atoms with Gasteiger partial charge in [0.15, 0.2) is 0 Å². The molecule has 3 rings (SSSR count). The van der Waals surface area contributed by atoms with Gasteiger partial charge in [-0.25, -0.2) is 4.39 Å². The Balaban J connectivity index is 2.23. The SMILES string of the molecule is COc1ccc(F)cc1/C(O)=C1\C(=O)C(=O)N(C)C1c1ccco1. The molecule has 124 valence electrons. The monoisotopic (exact) mass is 331 g/mol. The first-order valence-electron chi connectivity index (χ1n) is 7.07. The van der Waals surface area contributed by atoms with Crippen molar-refractivity contribution >= 4 is 17.4 Å². The van der Waals surface area contributed by atoms with Crippen LogP contribution in [0.15, 0.2) is 46.6 Å². The maximum absolute atomic E-state index is 13.6. The van der Waals surface area contributed by atoms with Crippen molar-refractivity contribution in [1.29, 1.82) is 0 Å². The number of likely N-dealkylation sites (tertiary alicyclic amines) is 1. The Bertz CT molecular complexity index is 841. The zero-order chi connectivity index (χ0) is 17.4. The fraction of sp³-hybridized carbons (Fsp3) is 0.176. The largest absolute Gasteiger partial charge is 0.507 e. The summed E-state index contributed by atoms with van der Waals surface area (Å²) < 4.78 is 24.0. The van der Waals surface area contributed by atoms with E-state index in [2.05, 4.69) is 0 Å². The average Bonchev–Trinajstić information content (AvgIpc) is 3.17. The lowest BCUT2D eigenvalue weighted by atomic mass is 9.99. The van der Waals surface area contributed by atoms with E-state index in [1.807, 2.05) is 0 Å². The van der Waals surface area contributed by atoms with Crippen LogP contribution in [0.2, 0.25) is 0 Å². The maximum Gasteiger partial charge on any atom is 0.295 e. The van der Waals surface area contributed by atoms with Crippen molar-refractivity contribution in [2.24, 2.45) is 0 Å². The quantitative estimate of drug-likeness (QED) is 0.531. The molecular weight excluding hydrogens is 317 g/mol. The number of methoxy groups -OCH3 is 1. The number of hydrogen-bond donors (Lipinski definition) is 1. The van der Waals surface area contributed by atoms with Crippen LogP contribution in [0, 0.1) is 5.82 Å². The fourth-order valence-corrected chi connectivity index (χ4v) is 2.74. The molecule has 1 atom stereocenters. The average molecular weight is 331 g/mol. The number of aliphatic hydroxyl groups is 1. The summed E-state index contributed by atoms with van der Waals surface area (Å²) in [7, 11) is 2.78. The molecule has 24 heavy (non-hydrogen) atoms. The number of Topliss-reactive ketones (excluding diaryl/α,β-unsaturated/α-hetero) is 1. The summed E-state index contributed by atoms with van der Waals surface area (Å²) in [4.78, 5) is 25.6. The van der Waals surface area contributed by atoms with E-state index in [1.54, 1.807) is 12.1 Å². The number of carbonyl (C=O) groups excluding carboxylic acids is 2. The molecule has 2 aromatic rings. The summed E-state index contributed by atoms with van der Waals surface area (Å²) in [5, 5.41) is 10.6. The van der Waals surface area contributed by atoms with Gasteiger partial charge in [-0.05, 0) is 30.3 Å². The molecule has 0 aliphatic carbocycles. The van der Waals surface area contributed by atoms with E-state index in [1.165, 1.54) is 31.4 Å². The van der Waals surface area contributed by atoms with Crippen molar-refractivity contribution < 1.29 is 28.2 Å². The molecular formula is C17H14FNO5. The van der Waals surface area contributed by atoms with Gasteiger partial charge in [-0.15, -0.1) is 0 Å². The van der Waals surface area contributed by atoms with Crippen molar-refractivity contribution in [3.05, 3.63) is 59.3 Å². The van der Waals surface area contributed by atoms with Gasteiger partial charge in [-0.3, -0.25) is 9.59 Å². The van der Waals surface area contributed by atoms with Crippen LogP contribution in [0.25, 0.3) is 5.76 Å². The van der Waals surface area contributed by atoms with E-state index >= 15 is 0 Å². The minimum absolute atomic E-state index is 0.0134. The predicted octanol–water partition coefficient (Wildman–Crippen LogP) is 2.48. The summed E-state index contributed by atoms with van der Waals surface area (Å²) in [6.45, 7) is 0. The van der Waals surface area contributed by atoms with E-state index in [9.17, 15) is 19.1 Å². The number of carbonyl (C=O) groups is 2. The normalized spacial score (nSPS) is 19.8. The third-order valence-electron chi connectivity index (χ3n) is 3.90. The van der Waals surface area contributed by atoms with Gasteiger partial charge in [0, 0.05) is 7.05 Å². The molecule has 1 aliphatic heterocycles. The highest BCUT2D eigenvalue weighted by atomic mass is 19.1. The van der Waals surface area contributed by atoms with Crippen LogP contribution in [0.4, 0.5) is 4.39 Å². The lowest BCUT2D eigenvalue weighted by Gasteiger charge is -2.18. The van der Waals surface area contributed by atoms with Crippen molar-refractivity contribution in [2.75, 3.05) is 14.2 Å². The van der Waals surface area contributed by atoms with Crippen LogP contribution in [-0.2, 0) is 9.59 Å². The maximum atomic E-state index is 13.6. The second kappa shape index (κ2) is 5.84. The lowest BCUT2D eigenvalue weighted by Crippen LogP contribution is -2.24. The summed E-state index contributed by atoms with van der Waals surface area (Å²) in [6, 6.07) is 5.83. The molecule has 1 unspecified atom stereocenters. The Morgan fingerprint density at radius 1 is 1.33 bits per heavy atom. The van der Waals surface area contributed by atoms with Crippen LogP contribution < -0.4 is 4.74 Å². The number of halogens is 1. The van der Waals surface area contributed by atoms with Gasteiger partial charge in [0.25, 0.3) is 11.7 Å². The first kappa shape index (κ1) is 15.8. The van der Waals surface area contributed by atoms with Crippen LogP contribution in [0.1, 0.15) is 17.4 Å². The standard InChI is InChI=1S/C17H14FNO5/c1-19-14(12-4-3-7-24-12)13(16(21)17(19)22)15(20)10-8-9(18)5-6-11(10)23-2/h3-8,14,20H,1-2H3/b15-13+. The molecule has 1 aromatic heterocycles. The molecule has 7 heteroatoms. The zero-order valence-corrected chi connectivity index (χ0v) is 12.9. The minimum atomic E-state index is -0.895. The number of ketones is 1. The molecule has 0 radical (unpaired) electrons. The highest BCUT2D eigenvalue weighted by Crippen LogP contribution is 2.40. The Kier molecular flexibility index (Phi) is 3.84. The van der Waals surface area contributed by atoms with E-state index < -0.39 is 29.3 Å². The van der Waals surface area contributed by atoms with Gasteiger partial charge in [-0.1, -0.05) is 0 Å². The van der Waals surface area contributed by atoms with Crippen molar-refractivity contribution in [1.82, 2.24) is 4.90 Å². The number of ether oxygens (including phenoxy) is 1. The summed E-state index contributed by atoms with van der Waals surface area (Å²) >= 11 is 0. The highest BCUT2D eigenvalue weighted by Gasteiger charge is 2.45. The molecule has 1 N–H and O–H groups in total. The fourth-order valence-electron chi connectivity index (χ4n) is 2.74. The Labute approximate surface area is 136 Å². The summed E-state index contributed by atoms with van der Waals surface area (Å²) in [5.74, 6) is -2.30. The van der Waals surface area contributed by atoms with Gasteiger partial charge in [0.2, 0.25) is 0 Å². The second-order valence-electron chi connectivity index (χ2n) is 5.27. The molecule has 0 spiro atoms. The predicted molar refractivity (Wildman–Crippen MR) is 81.7 cm³/mol. The molecule has 0 bridgehead atoms. The van der Waals surface area contributed by atoms with Gasteiger partial charge < -0.3 is 19.2 Å². The van der Waals surface area contributed by atoms with Gasteiger partial charge in [0.05, 0.1) is 24.5 Å². The highest BCUT2D eigenvalue weighted by molar-refractivity contribution is 6.46. The number of aliphatic hydroxyl groups excluding tert-OH is 1. The van der Waals surface area contributed by atoms with E-state index in [-0.39, 0.29) is 16.9 Å². The zero-order valence-electron chi connectivity index (χ0n) is 12.9. The Hall–Kier alpha value is -3.09. The number of amides is 1. The molecule has 0 saturated carbocycles. The third-order valence-corrected chi connectivity index (χ3v) is 3.90. The molecule has 1 aromatic carbocycles. The second-order valence-corrected chi connectivity index (χ2v) is 5.27. The van der Waals surface area contributed by atoms with Crippen molar-refractivity contribution in [3.63, 3.8) is 0 Å². The number of furan rings is 1. The van der Waals surface area contributed by atoms with Gasteiger partial charge in [-0.2, -0.15) is 0 Å². The van der Waals surface area contributed by atoms with Gasteiger partial charge >= 0.3 is 0 Å². The van der Waals surface area contributed by atoms with Gasteiger partial charge in [0.1, 0.15) is 29.1 Å². The number of benzene rings is 1. The van der Waals surface area contributed by atoms with E-state index in [4.69, 9.17) is 9.15 Å². The third kappa shape index (κ3) is 2.34. The van der Waals surface area contributed by atoms with E-state index in [0.29, 0.717) is 5.76 Å².